The molecule has 3 aliphatic rings. The van der Waals surface area contributed by atoms with Crippen LogP contribution in [0, 0.1) is 11.2 Å². The van der Waals surface area contributed by atoms with Crippen molar-refractivity contribution in [3.8, 4) is 6.01 Å². The molecule has 218 valence electrons. The van der Waals surface area contributed by atoms with Crippen LogP contribution in [0.3, 0.4) is 0 Å². The number of hydrogen-bond donors (Lipinski definition) is 1. The quantitative estimate of drug-likeness (QED) is 0.419. The molecule has 12 heteroatoms. The van der Waals surface area contributed by atoms with Gasteiger partial charge < -0.3 is 19.7 Å². The fourth-order valence-corrected chi connectivity index (χ4v) is 6.65. The van der Waals surface area contributed by atoms with Crippen LogP contribution < -0.4 is 15.0 Å². The molecule has 3 fully saturated rings. The summed E-state index contributed by atoms with van der Waals surface area (Å²) in [5.74, 6) is -0.136. The van der Waals surface area contributed by atoms with Crippen LogP contribution in [0.1, 0.15) is 67.2 Å². The van der Waals surface area contributed by atoms with Gasteiger partial charge in [-0.2, -0.15) is 9.97 Å². The predicted molar refractivity (Wildman–Crippen MR) is 154 cm³/mol. The molecule has 1 N–H and O–H groups in total. The molecule has 40 heavy (non-hydrogen) atoms. The van der Waals surface area contributed by atoms with E-state index in [1.165, 1.54) is 0 Å². The summed E-state index contributed by atoms with van der Waals surface area (Å²) in [4.78, 5) is 38.4. The lowest BCUT2D eigenvalue weighted by Gasteiger charge is -2.55. The van der Waals surface area contributed by atoms with Crippen LogP contribution >= 0.6 is 27.5 Å². The molecule has 2 amide bonds. The molecular weight excluding hydrogens is 605 g/mol. The summed E-state index contributed by atoms with van der Waals surface area (Å²) in [5, 5.41) is 3.53. The summed E-state index contributed by atoms with van der Waals surface area (Å²) < 4.78 is 27.4. The number of anilines is 1. The summed E-state index contributed by atoms with van der Waals surface area (Å²) >= 11 is 9.63. The van der Waals surface area contributed by atoms with Gasteiger partial charge in [0.2, 0.25) is 5.91 Å². The number of carbonyl (C=O) groups is 2. The van der Waals surface area contributed by atoms with E-state index in [1.807, 2.05) is 25.7 Å². The van der Waals surface area contributed by atoms with Crippen LogP contribution in [0.25, 0.3) is 10.9 Å². The zero-order valence-electron chi connectivity index (χ0n) is 23.7. The monoisotopic (exact) mass is 639 g/mol. The number of halogens is 3. The third-order valence-corrected chi connectivity index (χ3v) is 9.47. The van der Waals surface area contributed by atoms with E-state index in [2.05, 4.69) is 51.9 Å². The first kappa shape index (κ1) is 29.1. The van der Waals surface area contributed by atoms with Crippen molar-refractivity contribution in [2.45, 2.75) is 90.4 Å². The van der Waals surface area contributed by atoms with Crippen molar-refractivity contribution in [3.63, 3.8) is 0 Å². The van der Waals surface area contributed by atoms with Gasteiger partial charge in [0.1, 0.15) is 23.5 Å². The van der Waals surface area contributed by atoms with Gasteiger partial charge in [-0.15, -0.1) is 0 Å². The second kappa shape index (κ2) is 10.2. The Bertz CT molecular complexity index is 1360. The molecule has 0 saturated carbocycles. The number of aromatic nitrogens is 2. The first-order valence-electron chi connectivity index (χ1n) is 13.6. The molecule has 3 atom stereocenters. The predicted octanol–water partition coefficient (Wildman–Crippen LogP) is 5.85. The van der Waals surface area contributed by atoms with Crippen molar-refractivity contribution >= 4 is 56.3 Å². The first-order valence-corrected chi connectivity index (χ1v) is 14.8. The lowest BCUT2D eigenvalue weighted by molar-refractivity contribution is -0.119. The Morgan fingerprint density at radius 1 is 1.25 bits per heavy atom. The zero-order chi connectivity index (χ0) is 29.2. The van der Waals surface area contributed by atoms with Crippen LogP contribution in [0.4, 0.5) is 15.0 Å². The number of nitrogens with zero attached hydrogens (tertiary/aromatic N) is 4. The molecule has 1 aromatic heterocycles. The van der Waals surface area contributed by atoms with Gasteiger partial charge in [0.25, 0.3) is 0 Å². The van der Waals surface area contributed by atoms with Gasteiger partial charge >= 0.3 is 12.1 Å². The maximum Gasteiger partial charge on any atom is 0.411 e. The van der Waals surface area contributed by atoms with Gasteiger partial charge in [0, 0.05) is 24.9 Å². The molecular formula is C28H36BrClFN5O4. The van der Waals surface area contributed by atoms with E-state index in [0.29, 0.717) is 37.1 Å². The molecule has 9 nitrogen and oxygen atoms in total. The van der Waals surface area contributed by atoms with Gasteiger partial charge in [-0.3, -0.25) is 9.69 Å². The Balaban J connectivity index is 1.56. The van der Waals surface area contributed by atoms with E-state index < -0.39 is 17.0 Å². The Morgan fingerprint density at radius 3 is 2.60 bits per heavy atom. The van der Waals surface area contributed by atoms with Crippen LogP contribution in [0.2, 0.25) is 5.02 Å². The normalized spacial score (nSPS) is 25.0. The van der Waals surface area contributed by atoms with Crippen LogP contribution in [0.5, 0.6) is 6.01 Å². The second-order valence-corrected chi connectivity index (χ2v) is 14.2. The summed E-state index contributed by atoms with van der Waals surface area (Å²) in [5.41, 5.74) is -1.39. The van der Waals surface area contributed by atoms with Crippen molar-refractivity contribution in [2.24, 2.45) is 5.41 Å². The van der Waals surface area contributed by atoms with E-state index in [9.17, 15) is 9.59 Å². The molecule has 0 aliphatic carbocycles. The highest BCUT2D eigenvalue weighted by Gasteiger charge is 2.60. The average Bonchev–Trinajstić information content (AvgIpc) is 3.38. The minimum Gasteiger partial charge on any atom is -0.461 e. The maximum atomic E-state index is 15.5. The van der Waals surface area contributed by atoms with Crippen molar-refractivity contribution in [1.29, 1.82) is 0 Å². The third kappa shape index (κ3) is 5.19. The standard InChI is InChI=1S/C28H36BrClFN5O4/c1-26(2,3)28-10-9-16(36(28)25(38)40-27(4,5)6)12-35(14-28)23-17-11-18(30)20(29)21(31)22(17)33-24(34-23)39-13-15-7-8-19(37)32-15/h11,15-16H,7-10,12-14H2,1-6H3,(H,32,37). The number of carbonyl (C=O) groups excluding carboxylic acids is 2. The van der Waals surface area contributed by atoms with Gasteiger partial charge in [0.15, 0.2) is 5.82 Å². The van der Waals surface area contributed by atoms with Crippen molar-refractivity contribution in [3.05, 3.63) is 21.4 Å². The molecule has 5 rings (SSSR count). The van der Waals surface area contributed by atoms with Gasteiger partial charge in [0.05, 0.1) is 27.1 Å². The number of benzene rings is 1. The average molecular weight is 641 g/mol. The molecule has 3 unspecified atom stereocenters. The largest absolute Gasteiger partial charge is 0.461 e. The van der Waals surface area contributed by atoms with Crippen molar-refractivity contribution in [2.75, 3.05) is 24.6 Å². The summed E-state index contributed by atoms with van der Waals surface area (Å²) in [6.45, 7) is 13.1. The highest BCUT2D eigenvalue weighted by Crippen LogP contribution is 2.51. The lowest BCUT2D eigenvalue weighted by Crippen LogP contribution is -2.68. The number of ether oxygens (including phenoxy) is 2. The first-order chi connectivity index (χ1) is 18.6. The number of amides is 2. The Kier molecular flexibility index (Phi) is 7.39. The SMILES string of the molecule is CC(C)(C)OC(=O)N1C2CCC1(C(C)(C)C)CN(c1nc(OCC3CCC(=O)N3)nc3c(F)c(Br)c(Cl)cc13)C2. The molecule has 1 aromatic carbocycles. The minimum absolute atomic E-state index is 0.0171. The van der Waals surface area contributed by atoms with Crippen molar-refractivity contribution < 1.29 is 23.5 Å². The zero-order valence-corrected chi connectivity index (χ0v) is 26.1. The Hall–Kier alpha value is -2.40. The van der Waals surface area contributed by atoms with E-state index >= 15 is 4.39 Å². The van der Waals surface area contributed by atoms with E-state index in [4.69, 9.17) is 26.1 Å². The van der Waals surface area contributed by atoms with Crippen LogP contribution in [0.15, 0.2) is 10.5 Å². The number of hydrogen-bond acceptors (Lipinski definition) is 7. The van der Waals surface area contributed by atoms with E-state index in [-0.39, 0.29) is 57.1 Å². The van der Waals surface area contributed by atoms with Crippen LogP contribution in [-0.2, 0) is 9.53 Å². The smallest absolute Gasteiger partial charge is 0.411 e. The molecule has 3 saturated heterocycles. The van der Waals surface area contributed by atoms with Crippen LogP contribution in [-0.4, -0.2) is 69.8 Å². The topological polar surface area (TPSA) is 96.9 Å². The van der Waals surface area contributed by atoms with Gasteiger partial charge in [-0.25, -0.2) is 9.18 Å². The molecule has 4 heterocycles. The summed E-state index contributed by atoms with van der Waals surface area (Å²) in [7, 11) is 0. The van der Waals surface area contributed by atoms with Gasteiger partial charge in [-0.05, 0) is 67.4 Å². The third-order valence-electron chi connectivity index (χ3n) is 8.17. The maximum absolute atomic E-state index is 15.5. The fourth-order valence-electron chi connectivity index (χ4n) is 6.16. The molecule has 2 bridgehead atoms. The fraction of sp³-hybridized carbons (Fsp3) is 0.643. The summed E-state index contributed by atoms with van der Waals surface area (Å²) in [6, 6.07) is 1.39. The number of fused-ring (bicyclic) bond motifs is 3. The molecule has 0 spiro atoms. The highest BCUT2D eigenvalue weighted by molar-refractivity contribution is 9.10. The van der Waals surface area contributed by atoms with E-state index in [0.717, 1.165) is 12.8 Å². The second-order valence-electron chi connectivity index (χ2n) is 13.0. The minimum atomic E-state index is -0.623. The highest BCUT2D eigenvalue weighted by atomic mass is 79.9. The Morgan fingerprint density at radius 2 is 1.98 bits per heavy atom. The number of rotatable bonds is 4. The summed E-state index contributed by atoms with van der Waals surface area (Å²) in [6.07, 6.45) is 2.37. The Labute approximate surface area is 247 Å². The number of piperazine rings is 1. The molecule has 0 radical (unpaired) electrons. The molecule has 2 aromatic rings. The molecule has 3 aliphatic heterocycles. The van der Waals surface area contributed by atoms with Crippen molar-refractivity contribution in [1.82, 2.24) is 20.2 Å². The lowest BCUT2D eigenvalue weighted by atomic mass is 9.71. The number of nitrogens with one attached hydrogen (secondary N) is 1. The van der Waals surface area contributed by atoms with E-state index in [1.54, 1.807) is 6.07 Å². The van der Waals surface area contributed by atoms with Gasteiger partial charge in [-0.1, -0.05) is 32.4 Å².